The number of rotatable bonds is 3. The summed E-state index contributed by atoms with van der Waals surface area (Å²) in [7, 11) is 0. The molecule has 4 heteroatoms. The van der Waals surface area contributed by atoms with E-state index in [1.54, 1.807) is 11.8 Å². The summed E-state index contributed by atoms with van der Waals surface area (Å²) >= 11 is 0. The van der Waals surface area contributed by atoms with E-state index < -0.39 is 0 Å². The van der Waals surface area contributed by atoms with Crippen molar-refractivity contribution < 1.29 is 9.59 Å². The van der Waals surface area contributed by atoms with Gasteiger partial charge in [-0.15, -0.1) is 0 Å². The molecule has 0 atom stereocenters. The van der Waals surface area contributed by atoms with Gasteiger partial charge < -0.3 is 10.2 Å². The average molecular weight is 356 g/mol. The van der Waals surface area contributed by atoms with Crippen LogP contribution in [0.4, 0.5) is 11.4 Å². The zero-order valence-electron chi connectivity index (χ0n) is 15.1. The van der Waals surface area contributed by atoms with E-state index >= 15 is 0 Å². The molecule has 1 N–H and O–H groups in total. The Morgan fingerprint density at radius 1 is 0.926 bits per heavy atom. The largest absolute Gasteiger partial charge is 0.322 e. The smallest absolute Gasteiger partial charge is 0.256 e. The third kappa shape index (κ3) is 3.34. The summed E-state index contributed by atoms with van der Waals surface area (Å²) in [5.74, 6) is -0.0989. The number of amides is 2. The molecule has 1 aliphatic heterocycles. The first kappa shape index (κ1) is 17.0. The molecule has 1 aliphatic rings. The number of hydrogen-bond acceptors (Lipinski definition) is 2. The quantitative estimate of drug-likeness (QED) is 0.750. The molecule has 0 bridgehead atoms. The van der Waals surface area contributed by atoms with Crippen LogP contribution in [0.2, 0.25) is 0 Å². The van der Waals surface area contributed by atoms with E-state index in [2.05, 4.69) is 5.32 Å². The van der Waals surface area contributed by atoms with Crippen LogP contribution in [-0.2, 0) is 11.2 Å². The molecule has 0 spiro atoms. The van der Waals surface area contributed by atoms with Crippen molar-refractivity contribution >= 4 is 23.2 Å². The molecular weight excluding hydrogens is 336 g/mol. The highest BCUT2D eigenvalue weighted by Gasteiger charge is 2.22. The summed E-state index contributed by atoms with van der Waals surface area (Å²) in [5, 5.41) is 3.00. The van der Waals surface area contributed by atoms with Gasteiger partial charge in [0, 0.05) is 30.4 Å². The van der Waals surface area contributed by atoms with Crippen LogP contribution in [0.3, 0.4) is 0 Å². The second kappa shape index (κ2) is 7.08. The minimum Gasteiger partial charge on any atom is -0.322 e. The van der Waals surface area contributed by atoms with Gasteiger partial charge in [-0.1, -0.05) is 48.5 Å². The maximum Gasteiger partial charge on any atom is 0.256 e. The predicted molar refractivity (Wildman–Crippen MR) is 108 cm³/mol. The van der Waals surface area contributed by atoms with Crippen molar-refractivity contribution in [1.82, 2.24) is 0 Å². The van der Waals surface area contributed by atoms with Crippen molar-refractivity contribution in [2.24, 2.45) is 0 Å². The Kier molecular flexibility index (Phi) is 4.47. The monoisotopic (exact) mass is 356 g/mol. The highest BCUT2D eigenvalue weighted by Crippen LogP contribution is 2.31. The van der Waals surface area contributed by atoms with Crippen molar-refractivity contribution in [3.8, 4) is 11.1 Å². The van der Waals surface area contributed by atoms with E-state index in [4.69, 9.17) is 0 Å². The molecule has 3 aromatic carbocycles. The van der Waals surface area contributed by atoms with E-state index in [0.717, 1.165) is 34.5 Å². The van der Waals surface area contributed by atoms with Crippen molar-refractivity contribution in [2.75, 3.05) is 16.8 Å². The molecule has 27 heavy (non-hydrogen) atoms. The number of carbonyl (C=O) groups is 2. The van der Waals surface area contributed by atoms with Gasteiger partial charge in [0.2, 0.25) is 5.91 Å². The van der Waals surface area contributed by atoms with Crippen molar-refractivity contribution in [2.45, 2.75) is 13.3 Å². The number of benzene rings is 3. The number of carbonyl (C=O) groups excluding carboxylic acids is 2. The van der Waals surface area contributed by atoms with Gasteiger partial charge in [-0.2, -0.15) is 0 Å². The Labute approximate surface area is 158 Å². The Balaban J connectivity index is 1.60. The fourth-order valence-corrected chi connectivity index (χ4v) is 3.56. The standard InChI is InChI=1S/C23H20N2O2/c1-16(26)25-14-13-18-15-19(11-12-22(18)25)24-23(27)21-10-6-5-9-20(21)17-7-3-2-4-8-17/h2-12,15H,13-14H2,1H3,(H,24,27). The fraction of sp³-hybridized carbons (Fsp3) is 0.130. The van der Waals surface area contributed by atoms with Crippen LogP contribution in [-0.4, -0.2) is 18.4 Å². The zero-order chi connectivity index (χ0) is 18.8. The van der Waals surface area contributed by atoms with Crippen LogP contribution in [0.15, 0.2) is 72.8 Å². The summed E-state index contributed by atoms with van der Waals surface area (Å²) < 4.78 is 0. The van der Waals surface area contributed by atoms with Gasteiger partial charge in [0.1, 0.15) is 0 Å². The SMILES string of the molecule is CC(=O)N1CCc2cc(NC(=O)c3ccccc3-c3ccccc3)ccc21. The van der Waals surface area contributed by atoms with E-state index in [-0.39, 0.29) is 11.8 Å². The van der Waals surface area contributed by atoms with Gasteiger partial charge in [0.25, 0.3) is 5.91 Å². The fourth-order valence-electron chi connectivity index (χ4n) is 3.56. The van der Waals surface area contributed by atoms with E-state index in [0.29, 0.717) is 12.1 Å². The van der Waals surface area contributed by atoms with Gasteiger partial charge in [0.15, 0.2) is 0 Å². The number of hydrogen-bond donors (Lipinski definition) is 1. The molecule has 0 aliphatic carbocycles. The van der Waals surface area contributed by atoms with Crippen molar-refractivity contribution in [3.05, 3.63) is 83.9 Å². The summed E-state index contributed by atoms with van der Waals surface area (Å²) in [6, 6.07) is 23.2. The molecule has 0 aromatic heterocycles. The molecule has 134 valence electrons. The lowest BCUT2D eigenvalue weighted by Gasteiger charge is -2.15. The summed E-state index contributed by atoms with van der Waals surface area (Å²) in [4.78, 5) is 26.4. The summed E-state index contributed by atoms with van der Waals surface area (Å²) in [6.07, 6.45) is 0.805. The lowest BCUT2D eigenvalue weighted by molar-refractivity contribution is -0.116. The lowest BCUT2D eigenvalue weighted by atomic mass is 9.99. The zero-order valence-corrected chi connectivity index (χ0v) is 15.1. The molecule has 2 amide bonds. The number of fused-ring (bicyclic) bond motifs is 1. The van der Waals surface area contributed by atoms with Gasteiger partial charge in [0.05, 0.1) is 0 Å². The second-order valence-electron chi connectivity index (χ2n) is 6.63. The maximum absolute atomic E-state index is 12.9. The molecule has 0 saturated carbocycles. The Morgan fingerprint density at radius 3 is 2.44 bits per heavy atom. The molecule has 0 fully saturated rings. The average Bonchev–Trinajstić information content (AvgIpc) is 3.12. The topological polar surface area (TPSA) is 49.4 Å². The maximum atomic E-state index is 12.9. The van der Waals surface area contributed by atoms with Gasteiger partial charge >= 0.3 is 0 Å². The Bertz CT molecular complexity index is 1010. The van der Waals surface area contributed by atoms with Crippen LogP contribution < -0.4 is 10.2 Å². The molecule has 0 radical (unpaired) electrons. The number of nitrogens with zero attached hydrogens (tertiary/aromatic N) is 1. The molecule has 4 nitrogen and oxygen atoms in total. The van der Waals surface area contributed by atoms with Gasteiger partial charge in [-0.3, -0.25) is 9.59 Å². The van der Waals surface area contributed by atoms with Gasteiger partial charge in [-0.25, -0.2) is 0 Å². The first-order valence-electron chi connectivity index (χ1n) is 9.00. The van der Waals surface area contributed by atoms with E-state index in [1.165, 1.54) is 0 Å². The third-order valence-electron chi connectivity index (χ3n) is 4.87. The van der Waals surface area contributed by atoms with Crippen LogP contribution >= 0.6 is 0 Å². The lowest BCUT2D eigenvalue weighted by Crippen LogP contribution is -2.25. The summed E-state index contributed by atoms with van der Waals surface area (Å²) in [6.45, 7) is 2.27. The van der Waals surface area contributed by atoms with E-state index in [1.807, 2.05) is 72.8 Å². The van der Waals surface area contributed by atoms with Gasteiger partial charge in [-0.05, 0) is 47.4 Å². The Hall–Kier alpha value is -3.40. The number of anilines is 2. The summed E-state index contributed by atoms with van der Waals surface area (Å²) in [5.41, 5.74) is 5.31. The molecule has 0 saturated heterocycles. The minimum atomic E-state index is -0.143. The molecular formula is C23H20N2O2. The molecule has 1 heterocycles. The first-order valence-corrected chi connectivity index (χ1v) is 9.00. The van der Waals surface area contributed by atoms with Crippen LogP contribution in [0.5, 0.6) is 0 Å². The molecule has 0 unspecified atom stereocenters. The van der Waals surface area contributed by atoms with Crippen LogP contribution in [0, 0.1) is 0 Å². The van der Waals surface area contributed by atoms with Crippen molar-refractivity contribution in [3.63, 3.8) is 0 Å². The second-order valence-corrected chi connectivity index (χ2v) is 6.63. The van der Waals surface area contributed by atoms with E-state index in [9.17, 15) is 9.59 Å². The normalized spacial score (nSPS) is 12.6. The third-order valence-corrected chi connectivity index (χ3v) is 4.87. The van der Waals surface area contributed by atoms with Crippen molar-refractivity contribution in [1.29, 1.82) is 0 Å². The number of nitrogens with one attached hydrogen (secondary N) is 1. The first-order chi connectivity index (χ1) is 13.1. The predicted octanol–water partition coefficient (Wildman–Crippen LogP) is 4.51. The minimum absolute atomic E-state index is 0.0438. The molecule has 4 rings (SSSR count). The van der Waals surface area contributed by atoms with Crippen LogP contribution in [0.1, 0.15) is 22.8 Å². The Morgan fingerprint density at radius 2 is 1.67 bits per heavy atom. The highest BCUT2D eigenvalue weighted by atomic mass is 16.2. The highest BCUT2D eigenvalue weighted by molar-refractivity contribution is 6.09. The van der Waals surface area contributed by atoms with Crippen LogP contribution in [0.25, 0.3) is 11.1 Å². The molecule has 3 aromatic rings.